The number of hydrogen-bond acceptors (Lipinski definition) is 6. The van der Waals surface area contributed by atoms with Crippen LogP contribution in [0.4, 0.5) is 24.9 Å². The van der Waals surface area contributed by atoms with Gasteiger partial charge < -0.3 is 15.8 Å². The SMILES string of the molecule is Nc1nc(NCCOCC(F)(F)F)c2ccsc2n1. The number of hydrogen-bond donors (Lipinski definition) is 2. The van der Waals surface area contributed by atoms with E-state index in [0.717, 1.165) is 10.2 Å². The number of fused-ring (bicyclic) bond motifs is 1. The monoisotopic (exact) mass is 292 g/mol. The third-order valence-corrected chi connectivity index (χ3v) is 2.95. The van der Waals surface area contributed by atoms with Crippen LogP contribution in [0, 0.1) is 0 Å². The van der Waals surface area contributed by atoms with E-state index in [1.807, 2.05) is 11.4 Å². The summed E-state index contributed by atoms with van der Waals surface area (Å²) in [5, 5.41) is 5.51. The minimum Gasteiger partial charge on any atom is -0.370 e. The lowest BCUT2D eigenvalue weighted by atomic mass is 10.4. The summed E-state index contributed by atoms with van der Waals surface area (Å²) in [5.41, 5.74) is 5.54. The van der Waals surface area contributed by atoms with Crippen LogP contribution in [0.5, 0.6) is 0 Å². The molecule has 9 heteroatoms. The van der Waals surface area contributed by atoms with E-state index in [1.54, 1.807) is 0 Å². The summed E-state index contributed by atoms with van der Waals surface area (Å²) in [6, 6.07) is 1.82. The van der Waals surface area contributed by atoms with Crippen LogP contribution in [0.3, 0.4) is 0 Å². The number of nitrogens with two attached hydrogens (primary N) is 1. The fraction of sp³-hybridized carbons (Fsp3) is 0.400. The molecular weight excluding hydrogens is 281 g/mol. The molecule has 2 heterocycles. The Balaban J connectivity index is 1.89. The highest BCUT2D eigenvalue weighted by molar-refractivity contribution is 7.16. The lowest BCUT2D eigenvalue weighted by Crippen LogP contribution is -2.20. The summed E-state index contributed by atoms with van der Waals surface area (Å²) >= 11 is 1.41. The largest absolute Gasteiger partial charge is 0.411 e. The number of alkyl halides is 3. The normalized spacial score (nSPS) is 11.9. The molecule has 0 unspecified atom stereocenters. The van der Waals surface area contributed by atoms with E-state index in [4.69, 9.17) is 5.73 Å². The quantitative estimate of drug-likeness (QED) is 0.827. The Kier molecular flexibility index (Phi) is 4.05. The number of nitrogens with zero attached hydrogens (tertiary/aromatic N) is 2. The Labute approximate surface area is 110 Å². The summed E-state index contributed by atoms with van der Waals surface area (Å²) < 4.78 is 40.0. The van der Waals surface area contributed by atoms with Gasteiger partial charge in [-0.1, -0.05) is 0 Å². The minimum absolute atomic E-state index is 0.0744. The summed E-state index contributed by atoms with van der Waals surface area (Å²) in [4.78, 5) is 8.77. The third kappa shape index (κ3) is 3.93. The van der Waals surface area contributed by atoms with E-state index in [9.17, 15) is 13.2 Å². The molecule has 0 spiro atoms. The van der Waals surface area contributed by atoms with Gasteiger partial charge in [0, 0.05) is 6.54 Å². The Morgan fingerprint density at radius 3 is 2.89 bits per heavy atom. The number of nitrogens with one attached hydrogen (secondary N) is 1. The van der Waals surface area contributed by atoms with E-state index < -0.39 is 12.8 Å². The summed E-state index contributed by atoms with van der Waals surface area (Å²) in [7, 11) is 0. The van der Waals surface area contributed by atoms with Gasteiger partial charge in [0.2, 0.25) is 5.95 Å². The van der Waals surface area contributed by atoms with Gasteiger partial charge in [-0.15, -0.1) is 11.3 Å². The van der Waals surface area contributed by atoms with Gasteiger partial charge in [0.25, 0.3) is 0 Å². The van der Waals surface area contributed by atoms with Crippen LogP contribution in [0.25, 0.3) is 10.2 Å². The van der Waals surface area contributed by atoms with Crippen molar-refractivity contribution in [2.45, 2.75) is 6.18 Å². The lowest BCUT2D eigenvalue weighted by molar-refractivity contribution is -0.172. The van der Waals surface area contributed by atoms with Crippen molar-refractivity contribution in [1.82, 2.24) is 9.97 Å². The molecule has 2 aromatic rings. The van der Waals surface area contributed by atoms with E-state index in [0.29, 0.717) is 5.82 Å². The van der Waals surface area contributed by atoms with Gasteiger partial charge in [0.15, 0.2) is 0 Å². The first-order chi connectivity index (χ1) is 8.96. The predicted octanol–water partition coefficient (Wildman–Crippen LogP) is 2.26. The Morgan fingerprint density at radius 1 is 1.37 bits per heavy atom. The van der Waals surface area contributed by atoms with Gasteiger partial charge in [-0.05, 0) is 11.4 Å². The number of aromatic nitrogens is 2. The van der Waals surface area contributed by atoms with Gasteiger partial charge in [0.1, 0.15) is 17.3 Å². The van der Waals surface area contributed by atoms with Gasteiger partial charge in [-0.25, -0.2) is 4.98 Å². The minimum atomic E-state index is -4.31. The zero-order chi connectivity index (χ0) is 13.9. The van der Waals surface area contributed by atoms with Gasteiger partial charge in [-0.2, -0.15) is 18.2 Å². The smallest absolute Gasteiger partial charge is 0.370 e. The fourth-order valence-corrected chi connectivity index (χ4v) is 2.21. The Bertz CT molecular complexity index is 557. The van der Waals surface area contributed by atoms with Crippen LogP contribution in [-0.4, -0.2) is 35.9 Å². The van der Waals surface area contributed by atoms with Crippen LogP contribution in [0.2, 0.25) is 0 Å². The first kappa shape index (κ1) is 13.8. The standard InChI is InChI=1S/C10H11F3N4OS/c11-10(12,13)5-18-3-2-15-7-6-1-4-19-8(6)17-9(14)16-7/h1,4H,2-3,5H2,(H3,14,15,16,17). The summed E-state index contributed by atoms with van der Waals surface area (Å²) in [6.45, 7) is -1.12. The third-order valence-electron chi connectivity index (χ3n) is 2.15. The zero-order valence-electron chi connectivity index (χ0n) is 9.70. The predicted molar refractivity (Wildman–Crippen MR) is 67.2 cm³/mol. The molecule has 0 aliphatic rings. The molecule has 0 saturated carbocycles. The average Bonchev–Trinajstić information content (AvgIpc) is 2.74. The number of ether oxygens (including phenoxy) is 1. The van der Waals surface area contributed by atoms with Crippen molar-refractivity contribution in [3.8, 4) is 0 Å². The molecular formula is C10H11F3N4OS. The van der Waals surface area contributed by atoms with E-state index in [1.165, 1.54) is 11.3 Å². The highest BCUT2D eigenvalue weighted by atomic mass is 32.1. The zero-order valence-corrected chi connectivity index (χ0v) is 10.5. The van der Waals surface area contributed by atoms with Crippen molar-refractivity contribution in [3.63, 3.8) is 0 Å². The Hall–Kier alpha value is -1.61. The molecule has 0 amide bonds. The van der Waals surface area contributed by atoms with Crippen molar-refractivity contribution in [3.05, 3.63) is 11.4 Å². The fourth-order valence-electron chi connectivity index (χ4n) is 1.44. The molecule has 0 saturated heterocycles. The van der Waals surface area contributed by atoms with Crippen LogP contribution in [0.1, 0.15) is 0 Å². The summed E-state index contributed by atoms with van der Waals surface area (Å²) in [6.07, 6.45) is -4.31. The van der Waals surface area contributed by atoms with E-state index >= 15 is 0 Å². The number of rotatable bonds is 5. The van der Waals surface area contributed by atoms with E-state index in [-0.39, 0.29) is 19.1 Å². The van der Waals surface area contributed by atoms with Crippen LogP contribution in [-0.2, 0) is 4.74 Å². The maximum absolute atomic E-state index is 11.8. The van der Waals surface area contributed by atoms with Crippen molar-refractivity contribution < 1.29 is 17.9 Å². The first-order valence-corrected chi connectivity index (χ1v) is 6.23. The molecule has 0 radical (unpaired) electrons. The first-order valence-electron chi connectivity index (χ1n) is 5.35. The average molecular weight is 292 g/mol. The molecule has 0 bridgehead atoms. The molecule has 5 nitrogen and oxygen atoms in total. The molecule has 0 aliphatic carbocycles. The molecule has 19 heavy (non-hydrogen) atoms. The molecule has 0 aliphatic heterocycles. The number of anilines is 2. The molecule has 104 valence electrons. The van der Waals surface area contributed by atoms with Gasteiger partial charge in [0.05, 0.1) is 12.0 Å². The number of thiophene rings is 1. The lowest BCUT2D eigenvalue weighted by Gasteiger charge is -2.09. The maximum Gasteiger partial charge on any atom is 0.411 e. The number of nitrogen functional groups attached to an aromatic ring is 1. The van der Waals surface area contributed by atoms with Crippen molar-refractivity contribution in [1.29, 1.82) is 0 Å². The highest BCUT2D eigenvalue weighted by Crippen LogP contribution is 2.25. The second kappa shape index (κ2) is 5.57. The van der Waals surface area contributed by atoms with Crippen LogP contribution < -0.4 is 11.1 Å². The summed E-state index contributed by atoms with van der Waals surface area (Å²) in [5.74, 6) is 0.619. The number of halogens is 3. The van der Waals surface area contributed by atoms with E-state index in [2.05, 4.69) is 20.0 Å². The molecule has 3 N–H and O–H groups in total. The molecule has 0 atom stereocenters. The molecule has 0 aromatic carbocycles. The molecule has 2 aromatic heterocycles. The molecule has 2 rings (SSSR count). The van der Waals surface area contributed by atoms with Crippen LogP contribution in [0.15, 0.2) is 11.4 Å². The van der Waals surface area contributed by atoms with Crippen molar-refractivity contribution >= 4 is 33.3 Å². The second-order valence-electron chi connectivity index (χ2n) is 3.66. The highest BCUT2D eigenvalue weighted by Gasteiger charge is 2.27. The van der Waals surface area contributed by atoms with Crippen LogP contribution >= 0.6 is 11.3 Å². The topological polar surface area (TPSA) is 73.1 Å². The van der Waals surface area contributed by atoms with Crippen molar-refractivity contribution in [2.75, 3.05) is 30.8 Å². The van der Waals surface area contributed by atoms with Gasteiger partial charge >= 0.3 is 6.18 Å². The van der Waals surface area contributed by atoms with Crippen molar-refractivity contribution in [2.24, 2.45) is 0 Å². The second-order valence-corrected chi connectivity index (χ2v) is 4.56. The Morgan fingerprint density at radius 2 is 2.16 bits per heavy atom. The maximum atomic E-state index is 11.8. The van der Waals surface area contributed by atoms with Gasteiger partial charge in [-0.3, -0.25) is 0 Å². The molecule has 0 fully saturated rings.